The Bertz CT molecular complexity index is 1030. The van der Waals surface area contributed by atoms with E-state index in [0.29, 0.717) is 11.7 Å². The van der Waals surface area contributed by atoms with Crippen molar-refractivity contribution in [2.24, 2.45) is 0 Å². The summed E-state index contributed by atoms with van der Waals surface area (Å²) >= 11 is 1.49. The Morgan fingerprint density at radius 3 is 2.67 bits per heavy atom. The lowest BCUT2D eigenvalue weighted by Crippen LogP contribution is -2.32. The number of nitrogens with one attached hydrogen (secondary N) is 1. The van der Waals surface area contributed by atoms with Gasteiger partial charge in [-0.15, -0.1) is 10.2 Å². The summed E-state index contributed by atoms with van der Waals surface area (Å²) in [6, 6.07) is 19.0. The van der Waals surface area contributed by atoms with E-state index in [2.05, 4.69) is 68.6 Å². The minimum Gasteiger partial charge on any atom is -0.349 e. The number of amides is 1. The van der Waals surface area contributed by atoms with Crippen molar-refractivity contribution in [3.63, 3.8) is 0 Å². The van der Waals surface area contributed by atoms with Gasteiger partial charge in [0.1, 0.15) is 5.82 Å². The van der Waals surface area contributed by atoms with Crippen LogP contribution in [0.1, 0.15) is 60.2 Å². The summed E-state index contributed by atoms with van der Waals surface area (Å²) in [5, 5.41) is 13.0. The number of hydrogen-bond acceptors (Lipinski definition) is 4. The molecule has 0 unspecified atom stereocenters. The van der Waals surface area contributed by atoms with Gasteiger partial charge in [0.05, 0.1) is 18.3 Å². The number of benzene rings is 2. The third-order valence-corrected chi connectivity index (χ3v) is 6.88. The summed E-state index contributed by atoms with van der Waals surface area (Å²) in [4.78, 5) is 12.7. The molecule has 6 heteroatoms. The zero-order valence-corrected chi connectivity index (χ0v) is 17.8. The predicted molar refractivity (Wildman–Crippen MR) is 119 cm³/mol. The Morgan fingerprint density at radius 1 is 1.03 bits per heavy atom. The minimum atomic E-state index is 0.0592. The van der Waals surface area contributed by atoms with Crippen LogP contribution in [0.25, 0.3) is 0 Å². The smallest absolute Gasteiger partial charge is 0.230 e. The van der Waals surface area contributed by atoms with E-state index in [4.69, 9.17) is 0 Å². The van der Waals surface area contributed by atoms with Gasteiger partial charge >= 0.3 is 0 Å². The largest absolute Gasteiger partial charge is 0.349 e. The van der Waals surface area contributed by atoms with E-state index >= 15 is 0 Å². The minimum absolute atomic E-state index is 0.0592. The Kier molecular flexibility index (Phi) is 5.58. The first-order valence-electron chi connectivity index (χ1n) is 10.7. The van der Waals surface area contributed by atoms with Gasteiger partial charge in [-0.05, 0) is 48.8 Å². The average molecular weight is 419 g/mol. The van der Waals surface area contributed by atoms with Crippen LogP contribution in [0.4, 0.5) is 0 Å². The molecule has 2 aliphatic carbocycles. The first-order chi connectivity index (χ1) is 14.8. The SMILES string of the molecule is O=C(CSc1nnc(C2CC2)n1Cc1ccccc1)N[C@@H]1CCCc2ccccc21. The van der Waals surface area contributed by atoms with Gasteiger partial charge in [0.25, 0.3) is 0 Å². The molecule has 3 aromatic rings. The second-order valence-electron chi connectivity index (χ2n) is 8.19. The van der Waals surface area contributed by atoms with Gasteiger partial charge < -0.3 is 9.88 Å². The number of fused-ring (bicyclic) bond motifs is 1. The fraction of sp³-hybridized carbons (Fsp3) is 0.375. The molecule has 1 heterocycles. The predicted octanol–water partition coefficient (Wildman–Crippen LogP) is 4.49. The molecule has 0 bridgehead atoms. The van der Waals surface area contributed by atoms with E-state index in [0.717, 1.165) is 36.8 Å². The zero-order valence-electron chi connectivity index (χ0n) is 17.0. The fourth-order valence-electron chi connectivity index (χ4n) is 4.23. The van der Waals surface area contributed by atoms with Crippen molar-refractivity contribution < 1.29 is 4.79 Å². The molecule has 154 valence electrons. The van der Waals surface area contributed by atoms with Gasteiger partial charge in [0.2, 0.25) is 5.91 Å². The molecule has 1 N–H and O–H groups in total. The average Bonchev–Trinajstić information content (AvgIpc) is 3.55. The molecule has 1 amide bonds. The molecule has 1 aromatic heterocycles. The van der Waals surface area contributed by atoms with Gasteiger partial charge in [-0.2, -0.15) is 0 Å². The van der Waals surface area contributed by atoms with Crippen LogP contribution in [-0.2, 0) is 17.8 Å². The van der Waals surface area contributed by atoms with Crippen LogP contribution < -0.4 is 5.32 Å². The highest BCUT2D eigenvalue weighted by molar-refractivity contribution is 7.99. The van der Waals surface area contributed by atoms with Crippen molar-refractivity contribution in [3.8, 4) is 0 Å². The van der Waals surface area contributed by atoms with Gasteiger partial charge in [0.15, 0.2) is 5.16 Å². The molecule has 5 rings (SSSR count). The maximum atomic E-state index is 12.7. The highest BCUT2D eigenvalue weighted by Crippen LogP contribution is 2.40. The van der Waals surface area contributed by atoms with Gasteiger partial charge in [0, 0.05) is 5.92 Å². The summed E-state index contributed by atoms with van der Waals surface area (Å²) in [6.07, 6.45) is 5.58. The Balaban J connectivity index is 1.26. The molecule has 30 heavy (non-hydrogen) atoms. The molecule has 1 atom stereocenters. The molecule has 0 radical (unpaired) electrons. The van der Waals surface area contributed by atoms with E-state index in [-0.39, 0.29) is 11.9 Å². The first kappa shape index (κ1) is 19.4. The molecular formula is C24H26N4OS. The van der Waals surface area contributed by atoms with E-state index in [1.807, 2.05) is 6.07 Å². The van der Waals surface area contributed by atoms with Crippen LogP contribution in [0.3, 0.4) is 0 Å². The van der Waals surface area contributed by atoms with E-state index in [1.54, 1.807) is 0 Å². The summed E-state index contributed by atoms with van der Waals surface area (Å²) < 4.78 is 2.20. The third-order valence-electron chi connectivity index (χ3n) is 5.91. The lowest BCUT2D eigenvalue weighted by atomic mass is 9.88. The molecule has 2 aliphatic rings. The molecule has 0 spiro atoms. The van der Waals surface area contributed by atoms with Crippen LogP contribution >= 0.6 is 11.8 Å². The number of hydrogen-bond donors (Lipinski definition) is 1. The van der Waals surface area contributed by atoms with Gasteiger partial charge in [-0.3, -0.25) is 4.79 Å². The van der Waals surface area contributed by atoms with Crippen molar-refractivity contribution in [3.05, 3.63) is 77.1 Å². The van der Waals surface area contributed by atoms with Crippen molar-refractivity contribution in [1.29, 1.82) is 0 Å². The molecule has 1 fully saturated rings. The quantitative estimate of drug-likeness (QED) is 0.575. The Morgan fingerprint density at radius 2 is 1.83 bits per heavy atom. The fourth-order valence-corrected chi connectivity index (χ4v) is 4.99. The highest BCUT2D eigenvalue weighted by Gasteiger charge is 2.30. The zero-order chi connectivity index (χ0) is 20.3. The lowest BCUT2D eigenvalue weighted by molar-refractivity contribution is -0.119. The molecular weight excluding hydrogens is 392 g/mol. The maximum absolute atomic E-state index is 12.7. The lowest BCUT2D eigenvalue weighted by Gasteiger charge is -2.26. The molecule has 5 nitrogen and oxygen atoms in total. The summed E-state index contributed by atoms with van der Waals surface area (Å²) in [7, 11) is 0. The number of nitrogens with zero attached hydrogens (tertiary/aromatic N) is 3. The molecule has 1 saturated carbocycles. The van der Waals surface area contributed by atoms with Crippen LogP contribution in [-0.4, -0.2) is 26.4 Å². The van der Waals surface area contributed by atoms with Crippen LogP contribution in [0.5, 0.6) is 0 Å². The van der Waals surface area contributed by atoms with E-state index in [9.17, 15) is 4.79 Å². The summed E-state index contributed by atoms with van der Waals surface area (Å²) in [6.45, 7) is 0.750. The number of aromatic nitrogens is 3. The second kappa shape index (κ2) is 8.64. The van der Waals surface area contributed by atoms with Crippen LogP contribution in [0, 0.1) is 0 Å². The van der Waals surface area contributed by atoms with Crippen LogP contribution in [0.2, 0.25) is 0 Å². The number of carbonyl (C=O) groups excluding carboxylic acids is 1. The number of carbonyl (C=O) groups is 1. The Hall–Kier alpha value is -2.60. The molecule has 2 aromatic carbocycles. The number of aryl methyl sites for hydroxylation is 1. The number of thioether (sulfide) groups is 1. The molecule has 0 aliphatic heterocycles. The third kappa shape index (κ3) is 4.29. The van der Waals surface area contributed by atoms with Crippen molar-refractivity contribution >= 4 is 17.7 Å². The monoisotopic (exact) mass is 418 g/mol. The highest BCUT2D eigenvalue weighted by atomic mass is 32.2. The van der Waals surface area contributed by atoms with Crippen molar-refractivity contribution in [2.75, 3.05) is 5.75 Å². The standard InChI is InChI=1S/C24H26N4OS/c29-22(25-21-12-6-10-18-9-4-5-11-20(18)21)16-30-24-27-26-23(19-13-14-19)28(24)15-17-7-2-1-3-8-17/h1-5,7-9,11,19,21H,6,10,12-16H2,(H,25,29)/t21-/m1/s1. The van der Waals surface area contributed by atoms with Gasteiger partial charge in [-0.1, -0.05) is 66.4 Å². The van der Waals surface area contributed by atoms with Gasteiger partial charge in [-0.25, -0.2) is 0 Å². The number of rotatable bonds is 7. The second-order valence-corrected chi connectivity index (χ2v) is 9.13. The van der Waals surface area contributed by atoms with E-state index in [1.165, 1.54) is 41.3 Å². The normalized spacial score (nSPS) is 18.1. The van der Waals surface area contributed by atoms with E-state index < -0.39 is 0 Å². The maximum Gasteiger partial charge on any atom is 0.230 e. The van der Waals surface area contributed by atoms with Crippen molar-refractivity contribution in [1.82, 2.24) is 20.1 Å². The summed E-state index contributed by atoms with van der Waals surface area (Å²) in [5.41, 5.74) is 3.85. The summed E-state index contributed by atoms with van der Waals surface area (Å²) in [5.74, 6) is 1.99. The molecule has 0 saturated heterocycles. The Labute approximate surface area is 181 Å². The first-order valence-corrected chi connectivity index (χ1v) is 11.7. The van der Waals surface area contributed by atoms with Crippen LogP contribution in [0.15, 0.2) is 59.8 Å². The van der Waals surface area contributed by atoms with Crippen molar-refractivity contribution in [2.45, 2.75) is 55.8 Å². The topological polar surface area (TPSA) is 59.8 Å².